The normalized spacial score (nSPS) is 10.4. The molecule has 0 aliphatic heterocycles. The molecule has 28 heavy (non-hydrogen) atoms. The van der Waals surface area contributed by atoms with Crippen LogP contribution < -0.4 is 14.8 Å². The summed E-state index contributed by atoms with van der Waals surface area (Å²) in [5.41, 5.74) is 2.58. The first kappa shape index (κ1) is 19.7. The van der Waals surface area contributed by atoms with E-state index in [0.29, 0.717) is 35.2 Å². The average Bonchev–Trinajstić information content (AvgIpc) is 2.74. The second-order valence-electron chi connectivity index (χ2n) is 6.15. The summed E-state index contributed by atoms with van der Waals surface area (Å²) < 4.78 is 11.2. The topological polar surface area (TPSA) is 60.5 Å². The molecule has 3 aromatic rings. The number of halogens is 1. The molecule has 0 saturated carbocycles. The summed E-state index contributed by atoms with van der Waals surface area (Å²) in [5, 5.41) is 3.59. The highest BCUT2D eigenvalue weighted by molar-refractivity contribution is 6.30. The number of ether oxygens (including phenoxy) is 2. The van der Waals surface area contributed by atoms with Gasteiger partial charge in [0.15, 0.2) is 11.5 Å². The Kier molecular flexibility index (Phi) is 6.87. The number of methoxy groups -OCH3 is 1. The number of pyridine rings is 1. The maximum Gasteiger partial charge on any atom is 0.251 e. The molecule has 144 valence electrons. The number of hydrogen-bond acceptors (Lipinski definition) is 4. The quantitative estimate of drug-likeness (QED) is 0.616. The lowest BCUT2D eigenvalue weighted by molar-refractivity contribution is 0.0953. The van der Waals surface area contributed by atoms with Crippen molar-refractivity contribution in [1.29, 1.82) is 0 Å². The number of nitrogens with zero attached hydrogens (tertiary/aromatic N) is 1. The summed E-state index contributed by atoms with van der Waals surface area (Å²) in [5.74, 6) is 0.921. The van der Waals surface area contributed by atoms with E-state index in [9.17, 15) is 4.79 Å². The van der Waals surface area contributed by atoms with E-state index in [-0.39, 0.29) is 5.91 Å². The monoisotopic (exact) mass is 396 g/mol. The number of amides is 1. The van der Waals surface area contributed by atoms with Crippen LogP contribution in [0, 0.1) is 0 Å². The zero-order valence-electron chi connectivity index (χ0n) is 15.5. The molecule has 2 aromatic carbocycles. The average molecular weight is 397 g/mol. The molecule has 1 aromatic heterocycles. The van der Waals surface area contributed by atoms with Crippen molar-refractivity contribution in [3.8, 4) is 11.5 Å². The lowest BCUT2D eigenvalue weighted by Gasteiger charge is -2.12. The van der Waals surface area contributed by atoms with Crippen molar-refractivity contribution >= 4 is 17.5 Å². The maximum atomic E-state index is 12.4. The van der Waals surface area contributed by atoms with Gasteiger partial charge in [0.25, 0.3) is 5.91 Å². The molecule has 0 unspecified atom stereocenters. The summed E-state index contributed by atoms with van der Waals surface area (Å²) in [6.45, 7) is 0.909. The van der Waals surface area contributed by atoms with Gasteiger partial charge >= 0.3 is 0 Å². The van der Waals surface area contributed by atoms with E-state index < -0.39 is 0 Å². The summed E-state index contributed by atoms with van der Waals surface area (Å²) in [6.07, 6.45) is 4.24. The molecule has 1 heterocycles. The van der Waals surface area contributed by atoms with Gasteiger partial charge in [0.1, 0.15) is 6.61 Å². The predicted octanol–water partition coefficient (Wildman–Crippen LogP) is 4.30. The molecule has 1 N–H and O–H groups in total. The van der Waals surface area contributed by atoms with E-state index in [1.807, 2.05) is 36.4 Å². The smallest absolute Gasteiger partial charge is 0.251 e. The summed E-state index contributed by atoms with van der Waals surface area (Å²) >= 11 is 5.89. The fraction of sp³-hybridized carbons (Fsp3) is 0.182. The molecule has 0 spiro atoms. The van der Waals surface area contributed by atoms with E-state index in [2.05, 4.69) is 10.3 Å². The number of carbonyl (C=O) groups excluding carboxylic acids is 1. The third kappa shape index (κ3) is 5.47. The van der Waals surface area contributed by atoms with Crippen LogP contribution in [0.5, 0.6) is 11.5 Å². The first-order valence-electron chi connectivity index (χ1n) is 8.88. The third-order valence-electron chi connectivity index (χ3n) is 4.16. The Morgan fingerprint density at radius 2 is 1.89 bits per heavy atom. The molecule has 0 fully saturated rings. The largest absolute Gasteiger partial charge is 0.493 e. The van der Waals surface area contributed by atoms with Gasteiger partial charge in [-0.3, -0.25) is 9.78 Å². The summed E-state index contributed by atoms with van der Waals surface area (Å²) in [6, 6.07) is 16.4. The minimum atomic E-state index is -0.161. The number of nitrogens with one attached hydrogen (secondary N) is 1. The second-order valence-corrected chi connectivity index (χ2v) is 6.58. The van der Waals surface area contributed by atoms with Gasteiger partial charge in [0, 0.05) is 29.5 Å². The number of carbonyl (C=O) groups is 1. The molecule has 6 heteroatoms. The Labute approximate surface area is 169 Å². The highest BCUT2D eigenvalue weighted by atomic mass is 35.5. The third-order valence-corrected chi connectivity index (χ3v) is 4.41. The van der Waals surface area contributed by atoms with Crippen LogP contribution in [-0.4, -0.2) is 24.5 Å². The van der Waals surface area contributed by atoms with Crippen LogP contribution in [0.2, 0.25) is 5.02 Å². The molecule has 0 radical (unpaired) electrons. The Balaban J connectivity index is 1.58. The summed E-state index contributed by atoms with van der Waals surface area (Å²) in [7, 11) is 1.55. The van der Waals surface area contributed by atoms with Crippen LogP contribution in [0.3, 0.4) is 0 Å². The molecular weight excluding hydrogens is 376 g/mol. The minimum Gasteiger partial charge on any atom is -0.493 e. The number of aromatic nitrogens is 1. The van der Waals surface area contributed by atoms with E-state index >= 15 is 0 Å². The highest BCUT2D eigenvalue weighted by Crippen LogP contribution is 2.29. The van der Waals surface area contributed by atoms with Gasteiger partial charge in [-0.25, -0.2) is 0 Å². The molecular formula is C22H21ClN2O3. The van der Waals surface area contributed by atoms with Crippen LogP contribution in [0.25, 0.3) is 0 Å². The Hall–Kier alpha value is -3.05. The van der Waals surface area contributed by atoms with Crippen molar-refractivity contribution in [3.05, 3.63) is 88.7 Å². The van der Waals surface area contributed by atoms with Gasteiger partial charge in [-0.05, 0) is 53.9 Å². The van der Waals surface area contributed by atoms with Gasteiger partial charge in [-0.1, -0.05) is 29.8 Å². The van der Waals surface area contributed by atoms with Gasteiger partial charge in [0.05, 0.1) is 7.11 Å². The molecule has 0 atom stereocenters. The van der Waals surface area contributed by atoms with Crippen molar-refractivity contribution < 1.29 is 14.3 Å². The van der Waals surface area contributed by atoms with Gasteiger partial charge in [0.2, 0.25) is 0 Å². The van der Waals surface area contributed by atoms with Crippen molar-refractivity contribution in [2.24, 2.45) is 0 Å². The minimum absolute atomic E-state index is 0.161. The van der Waals surface area contributed by atoms with Crippen LogP contribution in [-0.2, 0) is 13.0 Å². The maximum absolute atomic E-state index is 12.4. The number of benzene rings is 2. The van der Waals surface area contributed by atoms with Gasteiger partial charge in [-0.2, -0.15) is 0 Å². The zero-order valence-corrected chi connectivity index (χ0v) is 16.3. The lowest BCUT2D eigenvalue weighted by Crippen LogP contribution is -2.25. The molecule has 0 aliphatic rings. The van der Waals surface area contributed by atoms with Gasteiger partial charge in [-0.15, -0.1) is 0 Å². The molecule has 5 nitrogen and oxygen atoms in total. The van der Waals surface area contributed by atoms with Crippen molar-refractivity contribution in [3.63, 3.8) is 0 Å². The molecule has 0 aliphatic carbocycles. The van der Waals surface area contributed by atoms with E-state index in [1.54, 1.807) is 37.7 Å². The highest BCUT2D eigenvalue weighted by Gasteiger charge is 2.11. The fourth-order valence-corrected chi connectivity index (χ4v) is 2.76. The molecule has 0 saturated heterocycles. The number of rotatable bonds is 8. The van der Waals surface area contributed by atoms with Crippen LogP contribution in [0.15, 0.2) is 67.0 Å². The zero-order chi connectivity index (χ0) is 19.8. The number of hydrogen-bond donors (Lipinski definition) is 1. The van der Waals surface area contributed by atoms with Crippen molar-refractivity contribution in [2.75, 3.05) is 13.7 Å². The lowest BCUT2D eigenvalue weighted by atomic mass is 10.1. The van der Waals surface area contributed by atoms with Crippen LogP contribution in [0.4, 0.5) is 0 Å². The van der Waals surface area contributed by atoms with Crippen molar-refractivity contribution in [2.45, 2.75) is 13.0 Å². The first-order chi connectivity index (χ1) is 13.7. The van der Waals surface area contributed by atoms with Crippen LogP contribution in [0.1, 0.15) is 21.5 Å². The van der Waals surface area contributed by atoms with Crippen molar-refractivity contribution in [1.82, 2.24) is 10.3 Å². The Morgan fingerprint density at radius 1 is 1.07 bits per heavy atom. The Morgan fingerprint density at radius 3 is 2.61 bits per heavy atom. The van der Waals surface area contributed by atoms with Crippen LogP contribution >= 0.6 is 11.6 Å². The first-order valence-corrected chi connectivity index (χ1v) is 9.26. The molecule has 0 bridgehead atoms. The SMILES string of the molecule is COc1cc(C(=O)NCCc2cccnc2)ccc1OCc1ccc(Cl)cc1. The predicted molar refractivity (Wildman–Crippen MR) is 109 cm³/mol. The van der Waals surface area contributed by atoms with E-state index in [0.717, 1.165) is 17.5 Å². The second kappa shape index (κ2) is 9.76. The standard InChI is InChI=1S/C22H21ClN2O3/c1-27-21-13-18(22(26)25-12-10-16-3-2-11-24-14-16)6-9-20(21)28-15-17-4-7-19(23)8-5-17/h2-9,11,13-14H,10,12,15H2,1H3,(H,25,26). The summed E-state index contributed by atoms with van der Waals surface area (Å²) in [4.78, 5) is 16.5. The van der Waals surface area contributed by atoms with E-state index in [1.165, 1.54) is 0 Å². The van der Waals surface area contributed by atoms with E-state index in [4.69, 9.17) is 21.1 Å². The molecule has 3 rings (SSSR count). The fourth-order valence-electron chi connectivity index (χ4n) is 2.64. The van der Waals surface area contributed by atoms with Gasteiger partial charge < -0.3 is 14.8 Å². The molecule has 1 amide bonds. The Bertz CT molecular complexity index is 915.